The zero-order valence-corrected chi connectivity index (χ0v) is 15.8. The molecule has 0 N–H and O–H groups in total. The lowest BCUT2D eigenvalue weighted by atomic mass is 10.2. The highest BCUT2D eigenvalue weighted by Crippen LogP contribution is 2.22. The van der Waals surface area contributed by atoms with Gasteiger partial charge in [0.15, 0.2) is 0 Å². The molecule has 2 aromatic rings. The minimum absolute atomic E-state index is 0.171. The van der Waals surface area contributed by atoms with Gasteiger partial charge in [0.05, 0.1) is 4.90 Å². The molecule has 1 aliphatic heterocycles. The van der Waals surface area contributed by atoms with E-state index in [1.807, 2.05) is 30.3 Å². The van der Waals surface area contributed by atoms with E-state index in [9.17, 15) is 13.2 Å². The fourth-order valence-electron chi connectivity index (χ4n) is 3.16. The van der Waals surface area contributed by atoms with E-state index < -0.39 is 10.0 Å². The van der Waals surface area contributed by atoms with Gasteiger partial charge in [0.25, 0.3) is 5.91 Å². The third-order valence-corrected chi connectivity index (χ3v) is 6.67. The van der Waals surface area contributed by atoms with Gasteiger partial charge >= 0.3 is 0 Å². The third kappa shape index (κ3) is 3.97. The molecule has 3 rings (SSSR count). The molecule has 138 valence electrons. The predicted molar refractivity (Wildman–Crippen MR) is 103 cm³/mol. The van der Waals surface area contributed by atoms with E-state index >= 15 is 0 Å². The minimum Gasteiger partial charge on any atom is -0.311 e. The SMILES string of the molecule is CN(C(=O)c1ccc(S(=O)(=O)N2CCCCCC2)cc1)c1ccccc1. The molecule has 0 bridgehead atoms. The van der Waals surface area contributed by atoms with Crippen LogP contribution < -0.4 is 4.90 Å². The van der Waals surface area contributed by atoms with Gasteiger partial charge in [-0.1, -0.05) is 31.0 Å². The van der Waals surface area contributed by atoms with Crippen molar-refractivity contribution in [2.45, 2.75) is 30.6 Å². The topological polar surface area (TPSA) is 57.7 Å². The first-order valence-corrected chi connectivity index (χ1v) is 10.4. The Morgan fingerprint density at radius 2 is 1.46 bits per heavy atom. The Balaban J connectivity index is 1.78. The molecule has 1 amide bonds. The van der Waals surface area contributed by atoms with Crippen molar-refractivity contribution in [1.29, 1.82) is 0 Å². The zero-order chi connectivity index (χ0) is 18.6. The number of sulfonamides is 1. The Bertz CT molecular complexity index is 840. The third-order valence-electron chi connectivity index (χ3n) is 4.75. The average Bonchev–Trinajstić information content (AvgIpc) is 2.98. The lowest BCUT2D eigenvalue weighted by molar-refractivity contribution is 0.0993. The van der Waals surface area contributed by atoms with Crippen LogP contribution in [0.5, 0.6) is 0 Å². The van der Waals surface area contributed by atoms with Crippen LogP contribution in [0.25, 0.3) is 0 Å². The summed E-state index contributed by atoms with van der Waals surface area (Å²) >= 11 is 0. The Morgan fingerprint density at radius 3 is 2.04 bits per heavy atom. The molecule has 0 atom stereocenters. The molecular formula is C20H24N2O3S. The van der Waals surface area contributed by atoms with E-state index in [0.717, 1.165) is 31.4 Å². The van der Waals surface area contributed by atoms with Gasteiger partial charge in [-0.05, 0) is 49.2 Å². The van der Waals surface area contributed by atoms with Gasteiger partial charge in [0.2, 0.25) is 10.0 Å². The molecule has 26 heavy (non-hydrogen) atoms. The van der Waals surface area contributed by atoms with Gasteiger partial charge in [0, 0.05) is 31.4 Å². The first-order chi connectivity index (χ1) is 12.5. The molecule has 2 aromatic carbocycles. The van der Waals surface area contributed by atoms with Crippen LogP contribution in [0.15, 0.2) is 59.5 Å². The van der Waals surface area contributed by atoms with Crippen molar-refractivity contribution in [2.75, 3.05) is 25.0 Å². The second-order valence-corrected chi connectivity index (χ2v) is 8.48. The number of benzene rings is 2. The zero-order valence-electron chi connectivity index (χ0n) is 15.0. The van der Waals surface area contributed by atoms with Gasteiger partial charge in [0.1, 0.15) is 0 Å². The maximum atomic E-state index is 12.8. The maximum absolute atomic E-state index is 12.8. The van der Waals surface area contributed by atoms with Crippen LogP contribution in [0.3, 0.4) is 0 Å². The number of anilines is 1. The monoisotopic (exact) mass is 372 g/mol. The van der Waals surface area contributed by atoms with Gasteiger partial charge < -0.3 is 4.90 Å². The van der Waals surface area contributed by atoms with E-state index in [4.69, 9.17) is 0 Å². The molecule has 1 aliphatic rings. The molecule has 0 aromatic heterocycles. The molecule has 1 saturated heterocycles. The highest BCUT2D eigenvalue weighted by molar-refractivity contribution is 7.89. The Kier molecular flexibility index (Phi) is 5.74. The smallest absolute Gasteiger partial charge is 0.258 e. The first-order valence-electron chi connectivity index (χ1n) is 8.93. The molecule has 0 radical (unpaired) electrons. The lowest BCUT2D eigenvalue weighted by Gasteiger charge is -2.20. The molecule has 0 spiro atoms. The van der Waals surface area contributed by atoms with Gasteiger partial charge in [-0.15, -0.1) is 0 Å². The van der Waals surface area contributed by atoms with Crippen molar-refractivity contribution in [2.24, 2.45) is 0 Å². The average molecular weight is 372 g/mol. The molecule has 1 fully saturated rings. The lowest BCUT2D eigenvalue weighted by Crippen LogP contribution is -2.32. The number of para-hydroxylation sites is 1. The number of hydrogen-bond acceptors (Lipinski definition) is 3. The number of rotatable bonds is 4. The Hall–Kier alpha value is -2.18. The summed E-state index contributed by atoms with van der Waals surface area (Å²) in [6, 6.07) is 15.6. The van der Waals surface area contributed by atoms with Crippen LogP contribution in [0, 0.1) is 0 Å². The van der Waals surface area contributed by atoms with Crippen molar-refractivity contribution < 1.29 is 13.2 Å². The molecule has 6 heteroatoms. The van der Waals surface area contributed by atoms with Crippen LogP contribution in [0.1, 0.15) is 36.0 Å². The summed E-state index contributed by atoms with van der Waals surface area (Å²) in [4.78, 5) is 14.4. The number of nitrogens with zero attached hydrogens (tertiary/aromatic N) is 2. The van der Waals surface area contributed by atoms with Gasteiger partial charge in [-0.3, -0.25) is 4.79 Å². The Labute approximate surface area is 155 Å². The van der Waals surface area contributed by atoms with E-state index in [1.54, 1.807) is 28.4 Å². The fraction of sp³-hybridized carbons (Fsp3) is 0.350. The van der Waals surface area contributed by atoms with E-state index in [-0.39, 0.29) is 10.8 Å². The van der Waals surface area contributed by atoms with E-state index in [0.29, 0.717) is 18.7 Å². The van der Waals surface area contributed by atoms with Gasteiger partial charge in [-0.2, -0.15) is 4.31 Å². The number of carbonyl (C=O) groups excluding carboxylic acids is 1. The minimum atomic E-state index is -3.49. The second kappa shape index (κ2) is 8.01. The van der Waals surface area contributed by atoms with Crippen LogP contribution in [0.2, 0.25) is 0 Å². The fourth-order valence-corrected chi connectivity index (χ4v) is 4.68. The van der Waals surface area contributed by atoms with Crippen LogP contribution in [-0.2, 0) is 10.0 Å². The van der Waals surface area contributed by atoms with E-state index in [1.165, 1.54) is 12.1 Å². The predicted octanol–water partition coefficient (Wildman–Crippen LogP) is 3.53. The van der Waals surface area contributed by atoms with Crippen molar-refractivity contribution in [3.05, 3.63) is 60.2 Å². The highest BCUT2D eigenvalue weighted by atomic mass is 32.2. The molecular weight excluding hydrogens is 348 g/mol. The molecule has 0 saturated carbocycles. The second-order valence-electron chi connectivity index (χ2n) is 6.54. The summed E-state index contributed by atoms with van der Waals surface area (Å²) in [6.07, 6.45) is 3.95. The highest BCUT2D eigenvalue weighted by Gasteiger charge is 2.25. The number of amides is 1. The van der Waals surface area contributed by atoms with Gasteiger partial charge in [-0.25, -0.2) is 8.42 Å². The normalized spacial score (nSPS) is 16.0. The van der Waals surface area contributed by atoms with E-state index in [2.05, 4.69) is 0 Å². The number of carbonyl (C=O) groups is 1. The van der Waals surface area contributed by atoms with Crippen molar-refractivity contribution >= 4 is 21.6 Å². The maximum Gasteiger partial charge on any atom is 0.258 e. The standard InChI is InChI=1S/C20H24N2O3S/c1-21(18-9-5-4-6-10-18)20(23)17-11-13-19(14-12-17)26(24,25)22-15-7-2-3-8-16-22/h4-6,9-14H,2-3,7-8,15-16H2,1H3. The van der Waals surface area contributed by atoms with Crippen LogP contribution >= 0.6 is 0 Å². The Morgan fingerprint density at radius 1 is 0.885 bits per heavy atom. The van der Waals surface area contributed by atoms with Crippen LogP contribution in [0.4, 0.5) is 5.69 Å². The molecule has 5 nitrogen and oxygen atoms in total. The number of hydrogen-bond donors (Lipinski definition) is 0. The van der Waals surface area contributed by atoms with Crippen LogP contribution in [-0.4, -0.2) is 38.8 Å². The molecule has 0 aliphatic carbocycles. The quantitative estimate of drug-likeness (QED) is 0.825. The molecule has 0 unspecified atom stereocenters. The van der Waals surface area contributed by atoms with Crippen molar-refractivity contribution in [3.8, 4) is 0 Å². The van der Waals surface area contributed by atoms with Crippen molar-refractivity contribution in [1.82, 2.24) is 4.31 Å². The summed E-state index contributed by atoms with van der Waals surface area (Å²) < 4.78 is 27.2. The summed E-state index contributed by atoms with van der Waals surface area (Å²) in [5, 5.41) is 0. The summed E-state index contributed by atoms with van der Waals surface area (Å²) in [6.45, 7) is 1.14. The summed E-state index contributed by atoms with van der Waals surface area (Å²) in [7, 11) is -1.78. The molecule has 1 heterocycles. The van der Waals surface area contributed by atoms with Crippen molar-refractivity contribution in [3.63, 3.8) is 0 Å². The summed E-state index contributed by atoms with van der Waals surface area (Å²) in [5.74, 6) is -0.171. The first kappa shape index (κ1) is 18.6. The largest absolute Gasteiger partial charge is 0.311 e. The summed E-state index contributed by atoms with van der Waals surface area (Å²) in [5.41, 5.74) is 1.25.